The highest BCUT2D eigenvalue weighted by atomic mass is 16.2. The Morgan fingerprint density at radius 3 is 2.91 bits per heavy atom. The highest BCUT2D eigenvalue weighted by molar-refractivity contribution is 6.05. The highest BCUT2D eigenvalue weighted by Crippen LogP contribution is 2.28. The van der Waals surface area contributed by atoms with Gasteiger partial charge >= 0.3 is 0 Å². The molecule has 0 bridgehead atoms. The number of unbranched alkanes of at least 4 members (excludes halogenated alkanes) is 1. The molecule has 0 atom stereocenters. The Bertz CT molecular complexity index is 654. The lowest BCUT2D eigenvalue weighted by atomic mass is 10.2. The van der Waals surface area contributed by atoms with E-state index in [1.807, 2.05) is 18.2 Å². The maximum Gasteiger partial charge on any atom is 0.278 e. The Morgan fingerprint density at radius 1 is 1.27 bits per heavy atom. The van der Waals surface area contributed by atoms with E-state index in [4.69, 9.17) is 0 Å². The predicted octanol–water partition coefficient (Wildman–Crippen LogP) is 2.89. The number of nitrogens with zero attached hydrogens (tertiary/aromatic N) is 3. The number of benzene rings is 1. The molecule has 0 unspecified atom stereocenters. The summed E-state index contributed by atoms with van der Waals surface area (Å²) in [4.78, 5) is 22.9. The first-order valence-corrected chi connectivity index (χ1v) is 7.75. The molecule has 0 saturated carbocycles. The summed E-state index contributed by atoms with van der Waals surface area (Å²) >= 11 is 0. The van der Waals surface area contributed by atoms with Crippen LogP contribution in [-0.4, -0.2) is 29.0 Å². The average molecular weight is 296 g/mol. The molecule has 0 spiro atoms. The molecule has 22 heavy (non-hydrogen) atoms. The monoisotopic (exact) mass is 296 g/mol. The van der Waals surface area contributed by atoms with Gasteiger partial charge in [-0.15, -0.1) is 0 Å². The number of amides is 1. The number of carbonyl (C=O) groups excluding carboxylic acids is 1. The van der Waals surface area contributed by atoms with Crippen molar-refractivity contribution in [3.05, 3.63) is 47.9 Å². The van der Waals surface area contributed by atoms with E-state index < -0.39 is 0 Å². The summed E-state index contributed by atoms with van der Waals surface area (Å²) in [6.45, 7) is 3.72. The number of fused-ring (bicyclic) bond motifs is 1. The van der Waals surface area contributed by atoms with Gasteiger partial charge in [0.1, 0.15) is 11.5 Å². The molecule has 0 fully saturated rings. The van der Waals surface area contributed by atoms with Crippen molar-refractivity contribution >= 4 is 17.4 Å². The van der Waals surface area contributed by atoms with Crippen LogP contribution in [0.1, 0.15) is 35.8 Å². The summed E-state index contributed by atoms with van der Waals surface area (Å²) in [5, 5.41) is 3.20. The van der Waals surface area contributed by atoms with Gasteiger partial charge in [0.15, 0.2) is 0 Å². The van der Waals surface area contributed by atoms with Crippen molar-refractivity contribution in [3.8, 4) is 0 Å². The minimum Gasteiger partial charge on any atom is -0.369 e. The second kappa shape index (κ2) is 6.56. The third kappa shape index (κ3) is 2.93. The smallest absolute Gasteiger partial charge is 0.278 e. The van der Waals surface area contributed by atoms with E-state index in [2.05, 4.69) is 28.3 Å². The Labute approximate surface area is 130 Å². The van der Waals surface area contributed by atoms with Crippen LogP contribution >= 0.6 is 0 Å². The van der Waals surface area contributed by atoms with Crippen LogP contribution in [0.15, 0.2) is 36.7 Å². The molecule has 5 heteroatoms. The van der Waals surface area contributed by atoms with Crippen molar-refractivity contribution < 1.29 is 4.79 Å². The van der Waals surface area contributed by atoms with Crippen molar-refractivity contribution in [2.75, 3.05) is 23.3 Å². The molecule has 0 radical (unpaired) electrons. The molecule has 5 nitrogen and oxygen atoms in total. The van der Waals surface area contributed by atoms with Crippen LogP contribution in [-0.2, 0) is 6.42 Å². The lowest BCUT2D eigenvalue weighted by Gasteiger charge is -2.16. The van der Waals surface area contributed by atoms with Crippen molar-refractivity contribution in [1.82, 2.24) is 9.97 Å². The first kappa shape index (κ1) is 14.5. The van der Waals surface area contributed by atoms with E-state index in [9.17, 15) is 4.79 Å². The lowest BCUT2D eigenvalue weighted by Crippen LogP contribution is -2.29. The third-order valence-corrected chi connectivity index (χ3v) is 3.84. The molecule has 1 aromatic heterocycles. The van der Waals surface area contributed by atoms with Gasteiger partial charge in [-0.2, -0.15) is 0 Å². The molecule has 2 aromatic rings. The van der Waals surface area contributed by atoms with Crippen LogP contribution in [0.4, 0.5) is 11.5 Å². The highest BCUT2D eigenvalue weighted by Gasteiger charge is 2.25. The quantitative estimate of drug-likeness (QED) is 0.862. The molecule has 2 heterocycles. The van der Waals surface area contributed by atoms with Gasteiger partial charge in [-0.05, 0) is 24.5 Å². The number of aromatic nitrogens is 2. The molecular weight excluding hydrogens is 276 g/mol. The summed E-state index contributed by atoms with van der Waals surface area (Å²) in [5.41, 5.74) is 2.58. The van der Waals surface area contributed by atoms with Gasteiger partial charge < -0.3 is 10.2 Å². The lowest BCUT2D eigenvalue weighted by molar-refractivity contribution is 0.0984. The van der Waals surface area contributed by atoms with Crippen molar-refractivity contribution in [2.45, 2.75) is 26.2 Å². The predicted molar refractivity (Wildman–Crippen MR) is 87.3 cm³/mol. The summed E-state index contributed by atoms with van der Waals surface area (Å²) in [5.74, 6) is 0.629. The zero-order valence-corrected chi connectivity index (χ0v) is 12.7. The average Bonchev–Trinajstić information content (AvgIpc) is 2.99. The maximum atomic E-state index is 12.6. The van der Waals surface area contributed by atoms with Crippen molar-refractivity contribution in [2.24, 2.45) is 0 Å². The Hall–Kier alpha value is -2.43. The normalized spacial score (nSPS) is 13.0. The first-order chi connectivity index (χ1) is 10.8. The number of hydrogen-bond acceptors (Lipinski definition) is 4. The topological polar surface area (TPSA) is 58.1 Å². The number of hydrogen-bond donors (Lipinski definition) is 1. The summed E-state index contributed by atoms with van der Waals surface area (Å²) in [6.07, 6.45) is 6.30. The first-order valence-electron chi connectivity index (χ1n) is 7.75. The van der Waals surface area contributed by atoms with E-state index in [-0.39, 0.29) is 5.91 Å². The number of para-hydroxylation sites is 1. The van der Waals surface area contributed by atoms with E-state index in [1.165, 1.54) is 5.56 Å². The summed E-state index contributed by atoms with van der Waals surface area (Å²) in [7, 11) is 0. The number of carbonyl (C=O) groups is 1. The van der Waals surface area contributed by atoms with E-state index >= 15 is 0 Å². The molecule has 1 aliphatic rings. The fourth-order valence-electron chi connectivity index (χ4n) is 2.61. The van der Waals surface area contributed by atoms with E-state index in [0.717, 1.165) is 31.5 Å². The van der Waals surface area contributed by atoms with Crippen LogP contribution in [0.5, 0.6) is 0 Å². The van der Waals surface area contributed by atoms with Gasteiger partial charge in [0.25, 0.3) is 5.91 Å². The number of rotatable bonds is 5. The van der Waals surface area contributed by atoms with Crippen LogP contribution in [0.25, 0.3) is 0 Å². The van der Waals surface area contributed by atoms with Gasteiger partial charge in [0.2, 0.25) is 0 Å². The van der Waals surface area contributed by atoms with Crippen molar-refractivity contribution in [1.29, 1.82) is 0 Å². The number of nitrogens with one attached hydrogen (secondary N) is 1. The van der Waals surface area contributed by atoms with Gasteiger partial charge in [0.05, 0.1) is 12.4 Å². The molecule has 114 valence electrons. The second-order valence-electron chi connectivity index (χ2n) is 5.40. The standard InChI is InChI=1S/C17H20N4O/c1-2-3-9-18-16-12-19-14(11-20-16)17(22)21-10-8-13-6-4-5-7-15(13)21/h4-7,11-12H,2-3,8-10H2,1H3,(H,18,20). The molecule has 1 N–H and O–H groups in total. The Kier molecular flexibility index (Phi) is 4.32. The van der Waals surface area contributed by atoms with Gasteiger partial charge in [-0.25, -0.2) is 9.97 Å². The zero-order chi connectivity index (χ0) is 15.4. The summed E-state index contributed by atoms with van der Waals surface area (Å²) < 4.78 is 0. The molecule has 0 saturated heterocycles. The van der Waals surface area contributed by atoms with Crippen LogP contribution in [0.3, 0.4) is 0 Å². The van der Waals surface area contributed by atoms with E-state index in [1.54, 1.807) is 17.3 Å². The molecular formula is C17H20N4O. The Balaban J connectivity index is 1.71. The minimum absolute atomic E-state index is 0.0856. The Morgan fingerprint density at radius 2 is 2.14 bits per heavy atom. The molecule has 1 aliphatic heterocycles. The van der Waals surface area contributed by atoms with Crippen LogP contribution in [0.2, 0.25) is 0 Å². The van der Waals surface area contributed by atoms with E-state index in [0.29, 0.717) is 18.1 Å². The van der Waals surface area contributed by atoms with Gasteiger partial charge in [-0.3, -0.25) is 4.79 Å². The fourth-order valence-corrected chi connectivity index (χ4v) is 2.61. The largest absolute Gasteiger partial charge is 0.369 e. The minimum atomic E-state index is -0.0856. The molecule has 1 aromatic carbocycles. The van der Waals surface area contributed by atoms with Crippen LogP contribution in [0, 0.1) is 0 Å². The summed E-state index contributed by atoms with van der Waals surface area (Å²) in [6, 6.07) is 8.00. The SMILES string of the molecule is CCCCNc1cnc(C(=O)N2CCc3ccccc32)cn1. The number of anilines is 2. The second-order valence-corrected chi connectivity index (χ2v) is 5.40. The maximum absolute atomic E-state index is 12.6. The van der Waals surface area contributed by atoms with Crippen molar-refractivity contribution in [3.63, 3.8) is 0 Å². The molecule has 0 aliphatic carbocycles. The van der Waals surface area contributed by atoms with Crippen LogP contribution < -0.4 is 10.2 Å². The fraction of sp³-hybridized carbons (Fsp3) is 0.353. The third-order valence-electron chi connectivity index (χ3n) is 3.84. The zero-order valence-electron chi connectivity index (χ0n) is 12.7. The molecule has 1 amide bonds. The van der Waals surface area contributed by atoms with Gasteiger partial charge in [-0.1, -0.05) is 31.5 Å². The molecule has 3 rings (SSSR count). The van der Waals surface area contributed by atoms with Gasteiger partial charge in [0, 0.05) is 18.8 Å².